The van der Waals surface area contributed by atoms with Crippen LogP contribution in [0.4, 0.5) is 0 Å². The Labute approximate surface area is 77.8 Å². The van der Waals surface area contributed by atoms with Crippen LogP contribution in [0.1, 0.15) is 31.0 Å². The zero-order chi connectivity index (χ0) is 9.14. The van der Waals surface area contributed by atoms with Gasteiger partial charge in [-0.15, -0.1) is 0 Å². The van der Waals surface area contributed by atoms with Gasteiger partial charge in [0.25, 0.3) is 0 Å². The van der Waals surface area contributed by atoms with E-state index in [2.05, 4.69) is 18.8 Å². The number of nitrogens with two attached hydrogens (primary N) is 1. The summed E-state index contributed by atoms with van der Waals surface area (Å²) in [6.45, 7) is 4.62. The van der Waals surface area contributed by atoms with Gasteiger partial charge in [0.15, 0.2) is 0 Å². The molecule has 0 bridgehead atoms. The summed E-state index contributed by atoms with van der Waals surface area (Å²) in [7, 11) is 0. The van der Waals surface area contributed by atoms with E-state index < -0.39 is 0 Å². The van der Waals surface area contributed by atoms with Crippen molar-refractivity contribution in [3.05, 3.63) is 28.5 Å². The Morgan fingerprint density at radius 3 is 2.67 bits per heavy atom. The first-order valence-electron chi connectivity index (χ1n) is 3.99. The second-order valence-corrected chi connectivity index (χ2v) is 3.48. The number of rotatable bonds is 2. The zero-order valence-corrected chi connectivity index (χ0v) is 8.10. The highest BCUT2D eigenvalue weighted by Gasteiger charge is 2.06. The highest BCUT2D eigenvalue weighted by molar-refractivity contribution is 6.31. The average Bonchev–Trinajstić information content (AvgIpc) is 2.03. The topological polar surface area (TPSA) is 38.9 Å². The Morgan fingerprint density at radius 1 is 1.58 bits per heavy atom. The van der Waals surface area contributed by atoms with Crippen LogP contribution in [0.15, 0.2) is 12.3 Å². The molecule has 0 unspecified atom stereocenters. The van der Waals surface area contributed by atoms with Crippen LogP contribution >= 0.6 is 11.6 Å². The number of hydrogen-bond acceptors (Lipinski definition) is 2. The van der Waals surface area contributed by atoms with E-state index in [1.54, 1.807) is 6.20 Å². The first kappa shape index (κ1) is 9.49. The molecule has 1 aromatic heterocycles. The van der Waals surface area contributed by atoms with E-state index in [4.69, 9.17) is 17.3 Å². The fraction of sp³-hybridized carbons (Fsp3) is 0.444. The van der Waals surface area contributed by atoms with Gasteiger partial charge in [0.2, 0.25) is 0 Å². The summed E-state index contributed by atoms with van der Waals surface area (Å²) in [5.74, 6) is 0.365. The fourth-order valence-electron chi connectivity index (χ4n) is 1.02. The number of pyridine rings is 1. The van der Waals surface area contributed by atoms with Crippen molar-refractivity contribution < 1.29 is 0 Å². The lowest BCUT2D eigenvalue weighted by atomic mass is 10.1. The molecule has 0 saturated carbocycles. The largest absolute Gasteiger partial charge is 0.326 e. The van der Waals surface area contributed by atoms with Crippen molar-refractivity contribution in [3.8, 4) is 0 Å². The Morgan fingerprint density at radius 2 is 2.25 bits per heavy atom. The third-order valence-corrected chi connectivity index (χ3v) is 2.01. The molecule has 0 fully saturated rings. The van der Waals surface area contributed by atoms with Crippen LogP contribution in [0.5, 0.6) is 0 Å². The molecule has 0 atom stereocenters. The third-order valence-electron chi connectivity index (χ3n) is 1.71. The van der Waals surface area contributed by atoms with E-state index in [0.29, 0.717) is 17.5 Å². The predicted octanol–water partition coefficient (Wildman–Crippen LogP) is 2.32. The minimum Gasteiger partial charge on any atom is -0.326 e. The molecule has 0 spiro atoms. The minimum absolute atomic E-state index is 0.365. The molecule has 0 amide bonds. The number of halogens is 1. The summed E-state index contributed by atoms with van der Waals surface area (Å²) in [6, 6.07) is 1.88. The number of aromatic nitrogens is 1. The lowest BCUT2D eigenvalue weighted by molar-refractivity contribution is 0.818. The monoisotopic (exact) mass is 184 g/mol. The lowest BCUT2D eigenvalue weighted by Crippen LogP contribution is -2.00. The molecule has 0 aliphatic carbocycles. The summed E-state index contributed by atoms with van der Waals surface area (Å²) in [5.41, 5.74) is 7.36. The van der Waals surface area contributed by atoms with Crippen LogP contribution in [0.2, 0.25) is 5.02 Å². The molecule has 1 rings (SSSR count). The Bertz CT molecular complexity index is 271. The van der Waals surface area contributed by atoms with E-state index in [-0.39, 0.29) is 0 Å². The lowest BCUT2D eigenvalue weighted by Gasteiger charge is -2.07. The number of nitrogens with zero attached hydrogens (tertiary/aromatic N) is 1. The van der Waals surface area contributed by atoms with Gasteiger partial charge in [0.1, 0.15) is 0 Å². The zero-order valence-electron chi connectivity index (χ0n) is 7.34. The van der Waals surface area contributed by atoms with Gasteiger partial charge in [0, 0.05) is 12.7 Å². The average molecular weight is 185 g/mol. The maximum atomic E-state index is 5.99. The van der Waals surface area contributed by atoms with Gasteiger partial charge in [-0.1, -0.05) is 25.4 Å². The summed E-state index contributed by atoms with van der Waals surface area (Å²) < 4.78 is 0. The van der Waals surface area contributed by atoms with E-state index in [1.165, 1.54) is 0 Å². The van der Waals surface area contributed by atoms with Crippen LogP contribution in [-0.4, -0.2) is 4.98 Å². The molecular formula is C9H13ClN2. The highest BCUT2D eigenvalue weighted by atomic mass is 35.5. The van der Waals surface area contributed by atoms with Crippen molar-refractivity contribution in [1.82, 2.24) is 4.98 Å². The van der Waals surface area contributed by atoms with Crippen LogP contribution in [0, 0.1) is 0 Å². The summed E-state index contributed by atoms with van der Waals surface area (Å²) in [5, 5.41) is 0.716. The SMILES string of the molecule is CC(C)c1ncc(CN)cc1Cl. The summed E-state index contributed by atoms with van der Waals surface area (Å²) in [6.07, 6.45) is 1.78. The minimum atomic E-state index is 0.365. The normalized spacial score (nSPS) is 10.8. The Balaban J connectivity index is 3.03. The molecule has 2 nitrogen and oxygen atoms in total. The molecule has 0 aromatic carbocycles. The van der Waals surface area contributed by atoms with Crippen LogP contribution in [0.3, 0.4) is 0 Å². The second-order valence-electron chi connectivity index (χ2n) is 3.07. The van der Waals surface area contributed by atoms with Gasteiger partial charge in [-0.25, -0.2) is 0 Å². The van der Waals surface area contributed by atoms with Crippen molar-refractivity contribution in [2.45, 2.75) is 26.3 Å². The van der Waals surface area contributed by atoms with E-state index in [9.17, 15) is 0 Å². The number of hydrogen-bond donors (Lipinski definition) is 1. The first-order valence-corrected chi connectivity index (χ1v) is 4.37. The highest BCUT2D eigenvalue weighted by Crippen LogP contribution is 2.22. The molecular weight excluding hydrogens is 172 g/mol. The quantitative estimate of drug-likeness (QED) is 0.766. The van der Waals surface area contributed by atoms with Gasteiger partial charge in [-0.3, -0.25) is 4.98 Å². The summed E-state index contributed by atoms with van der Waals surface area (Å²) >= 11 is 5.99. The second kappa shape index (κ2) is 3.87. The fourth-order valence-corrected chi connectivity index (χ4v) is 1.43. The molecule has 12 heavy (non-hydrogen) atoms. The smallest absolute Gasteiger partial charge is 0.0627 e. The van der Waals surface area contributed by atoms with Gasteiger partial charge in [-0.05, 0) is 17.5 Å². The van der Waals surface area contributed by atoms with Gasteiger partial charge in [0.05, 0.1) is 10.7 Å². The van der Waals surface area contributed by atoms with Gasteiger partial charge >= 0.3 is 0 Å². The van der Waals surface area contributed by atoms with Crippen LogP contribution < -0.4 is 5.73 Å². The molecule has 0 aliphatic rings. The van der Waals surface area contributed by atoms with E-state index in [1.807, 2.05) is 6.07 Å². The molecule has 0 radical (unpaired) electrons. The maximum Gasteiger partial charge on any atom is 0.0627 e. The molecule has 1 heterocycles. The molecule has 1 aromatic rings. The molecule has 0 saturated heterocycles. The molecule has 66 valence electrons. The first-order chi connectivity index (χ1) is 5.65. The van der Waals surface area contributed by atoms with Gasteiger partial charge < -0.3 is 5.73 Å². The van der Waals surface area contributed by atoms with Gasteiger partial charge in [-0.2, -0.15) is 0 Å². The van der Waals surface area contributed by atoms with Crippen LogP contribution in [-0.2, 0) is 6.54 Å². The van der Waals surface area contributed by atoms with Crippen LogP contribution in [0.25, 0.3) is 0 Å². The van der Waals surface area contributed by atoms with E-state index >= 15 is 0 Å². The third kappa shape index (κ3) is 1.96. The molecule has 2 N–H and O–H groups in total. The van der Waals surface area contributed by atoms with Crippen molar-refractivity contribution in [2.75, 3.05) is 0 Å². The molecule has 0 aliphatic heterocycles. The standard InChI is InChI=1S/C9H13ClN2/c1-6(2)9-8(10)3-7(4-11)5-12-9/h3,5-6H,4,11H2,1-2H3. The Hall–Kier alpha value is -0.600. The Kier molecular flexibility index (Phi) is 3.06. The predicted molar refractivity (Wildman–Crippen MR) is 51.2 cm³/mol. The summed E-state index contributed by atoms with van der Waals surface area (Å²) in [4.78, 5) is 4.24. The van der Waals surface area contributed by atoms with E-state index in [0.717, 1.165) is 11.3 Å². The van der Waals surface area contributed by atoms with Crippen molar-refractivity contribution in [2.24, 2.45) is 5.73 Å². The van der Waals surface area contributed by atoms with Crippen molar-refractivity contribution in [3.63, 3.8) is 0 Å². The maximum absolute atomic E-state index is 5.99. The van der Waals surface area contributed by atoms with Crippen molar-refractivity contribution >= 4 is 11.6 Å². The molecule has 3 heteroatoms. The van der Waals surface area contributed by atoms with Crippen molar-refractivity contribution in [1.29, 1.82) is 0 Å².